The van der Waals surface area contributed by atoms with Crippen molar-refractivity contribution in [2.24, 2.45) is 0 Å². The lowest BCUT2D eigenvalue weighted by Crippen LogP contribution is -2.46. The largest absolute Gasteiger partial charge is 0.352 e. The predicted molar refractivity (Wildman–Crippen MR) is 96.3 cm³/mol. The van der Waals surface area contributed by atoms with Crippen molar-refractivity contribution in [3.63, 3.8) is 0 Å². The average Bonchev–Trinajstić information content (AvgIpc) is 2.64. The summed E-state index contributed by atoms with van der Waals surface area (Å²) in [5.41, 5.74) is 0.633. The Hall–Kier alpha value is -2.38. The lowest BCUT2D eigenvalue weighted by molar-refractivity contribution is -0.118. The third-order valence-electron chi connectivity index (χ3n) is 3.84. The van der Waals surface area contributed by atoms with E-state index in [9.17, 15) is 9.59 Å². The topological polar surface area (TPSA) is 78.4 Å². The van der Waals surface area contributed by atoms with Gasteiger partial charge in [-0.05, 0) is 18.2 Å². The number of halogens is 2. The number of anilines is 2. The van der Waals surface area contributed by atoms with Crippen LogP contribution in [0.3, 0.4) is 0 Å². The highest BCUT2D eigenvalue weighted by Gasteiger charge is 2.18. The number of carbonyl (C=O) groups excluding carboxylic acids is 2. The van der Waals surface area contributed by atoms with Crippen LogP contribution in [0.1, 0.15) is 10.5 Å². The molecule has 0 atom stereocenters. The number of piperazine rings is 1. The van der Waals surface area contributed by atoms with Gasteiger partial charge in [-0.1, -0.05) is 23.2 Å². The molecule has 0 radical (unpaired) electrons. The number of nitrogens with one attached hydrogen (secondary N) is 1. The average molecular weight is 380 g/mol. The van der Waals surface area contributed by atoms with Crippen LogP contribution in [0.4, 0.5) is 11.5 Å². The van der Waals surface area contributed by atoms with E-state index in [2.05, 4.69) is 15.3 Å². The van der Waals surface area contributed by atoms with Gasteiger partial charge in [0, 0.05) is 31.2 Å². The van der Waals surface area contributed by atoms with E-state index in [0.29, 0.717) is 47.7 Å². The zero-order chi connectivity index (χ0) is 17.8. The molecule has 2 aromatic rings. The van der Waals surface area contributed by atoms with E-state index in [1.807, 2.05) is 4.90 Å². The number of carbonyl (C=O) groups is 2. The fraction of sp³-hybridized carbons (Fsp3) is 0.250. The molecule has 1 aliphatic rings. The van der Waals surface area contributed by atoms with Crippen molar-refractivity contribution in [3.8, 4) is 0 Å². The van der Waals surface area contributed by atoms with Crippen LogP contribution < -0.4 is 10.2 Å². The highest BCUT2D eigenvalue weighted by atomic mass is 35.5. The van der Waals surface area contributed by atoms with Gasteiger partial charge in [0.2, 0.25) is 6.41 Å². The third kappa shape index (κ3) is 4.18. The van der Waals surface area contributed by atoms with Crippen LogP contribution in [0.5, 0.6) is 0 Å². The first-order valence-corrected chi connectivity index (χ1v) is 8.35. The Morgan fingerprint density at radius 1 is 1.12 bits per heavy atom. The van der Waals surface area contributed by atoms with Gasteiger partial charge in [-0.15, -0.1) is 0 Å². The first kappa shape index (κ1) is 17.4. The van der Waals surface area contributed by atoms with E-state index < -0.39 is 5.91 Å². The lowest BCUT2D eigenvalue weighted by atomic mass is 10.3. The molecule has 0 bridgehead atoms. The SMILES string of the molecule is O=CN1CCN(c2cnc(C(=O)Nc3ccc(Cl)cc3Cl)cn2)CC1. The van der Waals surface area contributed by atoms with E-state index in [-0.39, 0.29) is 5.69 Å². The van der Waals surface area contributed by atoms with Gasteiger partial charge in [0.25, 0.3) is 5.91 Å². The number of aromatic nitrogens is 2. The summed E-state index contributed by atoms with van der Waals surface area (Å²) in [6.45, 7) is 2.64. The fourth-order valence-electron chi connectivity index (χ4n) is 2.44. The lowest BCUT2D eigenvalue weighted by Gasteiger charge is -2.33. The van der Waals surface area contributed by atoms with Crippen LogP contribution in [-0.4, -0.2) is 53.4 Å². The van der Waals surface area contributed by atoms with Gasteiger partial charge in [0.1, 0.15) is 11.5 Å². The zero-order valence-corrected chi connectivity index (χ0v) is 14.7. The minimum atomic E-state index is -0.408. The number of amides is 2. The van der Waals surface area contributed by atoms with Crippen LogP contribution in [0.25, 0.3) is 0 Å². The maximum absolute atomic E-state index is 12.3. The Kier molecular flexibility index (Phi) is 5.35. The minimum absolute atomic E-state index is 0.182. The van der Waals surface area contributed by atoms with Crippen LogP contribution >= 0.6 is 23.2 Å². The molecular weight excluding hydrogens is 365 g/mol. The van der Waals surface area contributed by atoms with Crippen molar-refractivity contribution in [3.05, 3.63) is 46.3 Å². The normalized spacial score (nSPS) is 14.3. The van der Waals surface area contributed by atoms with Crippen LogP contribution in [0.15, 0.2) is 30.6 Å². The Labute approximate surface area is 154 Å². The molecule has 0 aliphatic carbocycles. The maximum atomic E-state index is 12.3. The second-order valence-electron chi connectivity index (χ2n) is 5.47. The fourth-order valence-corrected chi connectivity index (χ4v) is 2.89. The molecule has 1 N–H and O–H groups in total. The van der Waals surface area contributed by atoms with Crippen molar-refractivity contribution < 1.29 is 9.59 Å². The summed E-state index contributed by atoms with van der Waals surface area (Å²) in [6, 6.07) is 4.81. The Morgan fingerprint density at radius 3 is 2.48 bits per heavy atom. The third-order valence-corrected chi connectivity index (χ3v) is 4.39. The molecule has 130 valence electrons. The number of nitrogens with zero attached hydrogens (tertiary/aromatic N) is 4. The number of hydrogen-bond donors (Lipinski definition) is 1. The summed E-state index contributed by atoms with van der Waals surface area (Å²) < 4.78 is 0. The molecular formula is C16H15Cl2N5O2. The molecule has 25 heavy (non-hydrogen) atoms. The molecule has 1 aromatic heterocycles. The molecule has 2 heterocycles. The molecule has 0 spiro atoms. The monoisotopic (exact) mass is 379 g/mol. The summed E-state index contributed by atoms with van der Waals surface area (Å²) in [5.74, 6) is 0.265. The number of benzene rings is 1. The Bertz CT molecular complexity index is 777. The summed E-state index contributed by atoms with van der Waals surface area (Å²) >= 11 is 11.9. The molecule has 7 nitrogen and oxygen atoms in total. The second-order valence-corrected chi connectivity index (χ2v) is 6.31. The first-order valence-electron chi connectivity index (χ1n) is 7.59. The maximum Gasteiger partial charge on any atom is 0.275 e. The standard InChI is InChI=1S/C16H15Cl2N5O2/c17-11-1-2-13(12(18)7-11)21-16(25)14-8-20-15(9-19-14)23-5-3-22(10-24)4-6-23/h1-2,7-10H,3-6H2,(H,21,25). The van der Waals surface area contributed by atoms with Gasteiger partial charge in [0.05, 0.1) is 23.1 Å². The molecule has 1 saturated heterocycles. The van der Waals surface area contributed by atoms with E-state index in [0.717, 1.165) is 6.41 Å². The number of hydrogen-bond acceptors (Lipinski definition) is 5. The molecule has 9 heteroatoms. The quantitative estimate of drug-likeness (QED) is 0.824. The van der Waals surface area contributed by atoms with Gasteiger partial charge in [-0.3, -0.25) is 9.59 Å². The Morgan fingerprint density at radius 2 is 1.88 bits per heavy atom. The predicted octanol–water partition coefficient (Wildman–Crippen LogP) is 2.31. The zero-order valence-electron chi connectivity index (χ0n) is 13.2. The molecule has 0 unspecified atom stereocenters. The molecule has 3 rings (SSSR count). The second kappa shape index (κ2) is 7.67. The molecule has 1 aliphatic heterocycles. The Balaban J connectivity index is 1.65. The smallest absolute Gasteiger partial charge is 0.275 e. The highest BCUT2D eigenvalue weighted by molar-refractivity contribution is 6.36. The van der Waals surface area contributed by atoms with Crippen molar-refractivity contribution in [2.75, 3.05) is 36.4 Å². The van der Waals surface area contributed by atoms with E-state index in [4.69, 9.17) is 23.2 Å². The van der Waals surface area contributed by atoms with Gasteiger partial charge in [0.15, 0.2) is 0 Å². The molecule has 2 amide bonds. The van der Waals surface area contributed by atoms with E-state index >= 15 is 0 Å². The van der Waals surface area contributed by atoms with Gasteiger partial charge in [-0.25, -0.2) is 9.97 Å². The summed E-state index contributed by atoms with van der Waals surface area (Å²) in [6.07, 6.45) is 3.81. The molecule has 1 fully saturated rings. The van der Waals surface area contributed by atoms with Crippen LogP contribution in [0, 0.1) is 0 Å². The summed E-state index contributed by atoms with van der Waals surface area (Å²) in [5, 5.41) is 3.51. The van der Waals surface area contributed by atoms with Crippen molar-refractivity contribution in [1.29, 1.82) is 0 Å². The van der Waals surface area contributed by atoms with Crippen LogP contribution in [-0.2, 0) is 4.79 Å². The highest BCUT2D eigenvalue weighted by Crippen LogP contribution is 2.25. The summed E-state index contributed by atoms with van der Waals surface area (Å²) in [7, 11) is 0. The van der Waals surface area contributed by atoms with Gasteiger partial charge in [-0.2, -0.15) is 0 Å². The van der Waals surface area contributed by atoms with Gasteiger partial charge >= 0.3 is 0 Å². The van der Waals surface area contributed by atoms with Gasteiger partial charge < -0.3 is 15.1 Å². The van der Waals surface area contributed by atoms with Crippen molar-refractivity contribution >= 4 is 47.0 Å². The van der Waals surface area contributed by atoms with E-state index in [1.165, 1.54) is 6.20 Å². The molecule has 0 saturated carbocycles. The molecule has 1 aromatic carbocycles. The van der Waals surface area contributed by atoms with E-state index in [1.54, 1.807) is 29.3 Å². The van der Waals surface area contributed by atoms with Crippen molar-refractivity contribution in [2.45, 2.75) is 0 Å². The number of rotatable bonds is 4. The van der Waals surface area contributed by atoms with Crippen LogP contribution in [0.2, 0.25) is 10.0 Å². The first-order chi connectivity index (χ1) is 12.1. The minimum Gasteiger partial charge on any atom is -0.352 e. The van der Waals surface area contributed by atoms with Crippen molar-refractivity contribution in [1.82, 2.24) is 14.9 Å². The summed E-state index contributed by atoms with van der Waals surface area (Å²) in [4.78, 5) is 35.2.